The number of carbonyl (C=O) groups is 1. The molecule has 0 bridgehead atoms. The van der Waals surface area contributed by atoms with Crippen molar-refractivity contribution in [3.05, 3.63) is 41.2 Å². The van der Waals surface area contributed by atoms with E-state index >= 15 is 0 Å². The zero-order valence-corrected chi connectivity index (χ0v) is 11.7. The molecule has 6 heteroatoms. The van der Waals surface area contributed by atoms with Gasteiger partial charge in [-0.15, -0.1) is 5.10 Å². The van der Waals surface area contributed by atoms with Crippen LogP contribution in [0.15, 0.2) is 24.4 Å². The highest BCUT2D eigenvalue weighted by Crippen LogP contribution is 2.20. The average molecular weight is 274 g/mol. The van der Waals surface area contributed by atoms with Crippen LogP contribution in [0.4, 0.5) is 0 Å². The second-order valence-electron chi connectivity index (χ2n) is 4.64. The lowest BCUT2D eigenvalue weighted by Gasteiger charge is -2.08. The van der Waals surface area contributed by atoms with Gasteiger partial charge in [-0.3, -0.25) is 4.79 Å². The molecule has 0 aliphatic carbocycles. The molecule has 0 fully saturated rings. The Balaban J connectivity index is 2.06. The molecule has 0 unspecified atom stereocenters. The van der Waals surface area contributed by atoms with Crippen LogP contribution < -0.4 is 10.5 Å². The van der Waals surface area contributed by atoms with Crippen LogP contribution in [0.3, 0.4) is 0 Å². The molecule has 6 nitrogen and oxygen atoms in total. The molecular weight excluding hydrogens is 256 g/mol. The fourth-order valence-corrected chi connectivity index (χ4v) is 2.00. The minimum atomic E-state index is 0.0439. The number of aromatic nitrogens is 3. The monoisotopic (exact) mass is 274 g/mol. The smallest absolute Gasteiger partial charge is 0.158 e. The third kappa shape index (κ3) is 3.42. The van der Waals surface area contributed by atoms with Crippen LogP contribution in [0, 0.1) is 6.92 Å². The molecule has 0 saturated carbocycles. The van der Waals surface area contributed by atoms with Crippen molar-refractivity contribution >= 4 is 5.78 Å². The van der Waals surface area contributed by atoms with Crippen molar-refractivity contribution in [3.8, 4) is 5.75 Å². The minimum Gasteiger partial charge on any atom is -0.496 e. The molecule has 0 radical (unpaired) electrons. The van der Waals surface area contributed by atoms with Crippen molar-refractivity contribution in [2.75, 3.05) is 7.11 Å². The van der Waals surface area contributed by atoms with Crippen molar-refractivity contribution in [2.45, 2.75) is 26.4 Å². The molecule has 0 aliphatic heterocycles. The van der Waals surface area contributed by atoms with E-state index < -0.39 is 0 Å². The number of hydrogen-bond donors (Lipinski definition) is 1. The van der Waals surface area contributed by atoms with Crippen LogP contribution in [0.1, 0.15) is 16.8 Å². The van der Waals surface area contributed by atoms with Gasteiger partial charge in [0.05, 0.1) is 19.0 Å². The molecule has 0 aliphatic rings. The zero-order valence-electron chi connectivity index (χ0n) is 11.7. The molecule has 0 saturated heterocycles. The van der Waals surface area contributed by atoms with Gasteiger partial charge in [-0.2, -0.15) is 0 Å². The van der Waals surface area contributed by atoms with E-state index in [4.69, 9.17) is 10.5 Å². The standard InChI is InChI=1S/C14H18N4O2/c1-10-3-4-14(20-2)11(5-10)6-13(19)9-18-8-12(7-15)16-17-18/h3-5,8H,6-7,9,15H2,1-2H3. The SMILES string of the molecule is COc1ccc(C)cc1CC(=O)Cn1cc(CN)nn1. The van der Waals surface area contributed by atoms with Crippen LogP contribution in [-0.4, -0.2) is 27.9 Å². The average Bonchev–Trinajstić information content (AvgIpc) is 2.86. The van der Waals surface area contributed by atoms with Gasteiger partial charge in [-0.05, 0) is 13.0 Å². The summed E-state index contributed by atoms with van der Waals surface area (Å²) in [5.74, 6) is 0.771. The lowest BCUT2D eigenvalue weighted by molar-refractivity contribution is -0.119. The van der Waals surface area contributed by atoms with Gasteiger partial charge in [0.25, 0.3) is 0 Å². The Labute approximate surface area is 117 Å². The Kier molecular flexibility index (Phi) is 4.47. The Morgan fingerprint density at radius 1 is 1.45 bits per heavy atom. The lowest BCUT2D eigenvalue weighted by Crippen LogP contribution is -2.13. The number of nitrogens with two attached hydrogens (primary N) is 1. The molecule has 20 heavy (non-hydrogen) atoms. The van der Waals surface area contributed by atoms with Crippen LogP contribution in [0.2, 0.25) is 0 Å². The van der Waals surface area contributed by atoms with Gasteiger partial charge in [0, 0.05) is 18.5 Å². The van der Waals surface area contributed by atoms with E-state index in [0.29, 0.717) is 18.7 Å². The number of ketones is 1. The van der Waals surface area contributed by atoms with Crippen molar-refractivity contribution in [3.63, 3.8) is 0 Å². The minimum absolute atomic E-state index is 0.0439. The fourth-order valence-electron chi connectivity index (χ4n) is 2.00. The highest BCUT2D eigenvalue weighted by atomic mass is 16.5. The first kappa shape index (κ1) is 14.2. The van der Waals surface area contributed by atoms with Crippen molar-refractivity contribution < 1.29 is 9.53 Å². The molecule has 2 N–H and O–H groups in total. The van der Waals surface area contributed by atoms with E-state index in [-0.39, 0.29) is 12.3 Å². The molecule has 1 aromatic heterocycles. The van der Waals surface area contributed by atoms with Crippen molar-refractivity contribution in [1.29, 1.82) is 0 Å². The first-order valence-electron chi connectivity index (χ1n) is 6.36. The second kappa shape index (κ2) is 6.29. The molecule has 0 atom stereocenters. The number of rotatable bonds is 6. The first-order valence-corrected chi connectivity index (χ1v) is 6.36. The summed E-state index contributed by atoms with van der Waals surface area (Å²) in [7, 11) is 1.60. The summed E-state index contributed by atoms with van der Waals surface area (Å²) in [5, 5.41) is 7.72. The topological polar surface area (TPSA) is 83.0 Å². The van der Waals surface area contributed by atoms with Crippen LogP contribution in [0.5, 0.6) is 5.75 Å². The first-order chi connectivity index (χ1) is 9.62. The van der Waals surface area contributed by atoms with Crippen LogP contribution in [0.25, 0.3) is 0 Å². The van der Waals surface area contributed by atoms with E-state index in [1.54, 1.807) is 13.3 Å². The fraction of sp³-hybridized carbons (Fsp3) is 0.357. The zero-order chi connectivity index (χ0) is 14.5. The van der Waals surface area contributed by atoms with Gasteiger partial charge in [-0.1, -0.05) is 22.9 Å². The summed E-state index contributed by atoms with van der Waals surface area (Å²) in [5.41, 5.74) is 8.11. The maximum absolute atomic E-state index is 12.1. The molecule has 0 amide bonds. The van der Waals surface area contributed by atoms with Gasteiger partial charge in [0.1, 0.15) is 12.3 Å². The van der Waals surface area contributed by atoms with E-state index in [9.17, 15) is 4.79 Å². The normalized spacial score (nSPS) is 10.6. The number of ether oxygens (including phenoxy) is 1. The van der Waals surface area contributed by atoms with E-state index in [0.717, 1.165) is 16.9 Å². The third-order valence-corrected chi connectivity index (χ3v) is 2.96. The Hall–Kier alpha value is -2.21. The van der Waals surface area contributed by atoms with E-state index in [2.05, 4.69) is 10.3 Å². The predicted octanol–water partition coefficient (Wildman–Crippen LogP) is 0.866. The summed E-state index contributed by atoms with van der Waals surface area (Å²) in [6.07, 6.45) is 1.99. The largest absolute Gasteiger partial charge is 0.496 e. The second-order valence-corrected chi connectivity index (χ2v) is 4.64. The number of Topliss-reactive ketones (excluding diaryl/α,β-unsaturated/α-hetero) is 1. The maximum atomic E-state index is 12.1. The predicted molar refractivity (Wildman–Crippen MR) is 74.4 cm³/mol. The summed E-state index contributed by atoms with van der Waals surface area (Å²) in [4.78, 5) is 12.1. The maximum Gasteiger partial charge on any atom is 0.158 e. The summed E-state index contributed by atoms with van der Waals surface area (Å²) in [6.45, 7) is 2.49. The van der Waals surface area contributed by atoms with Gasteiger partial charge in [0.15, 0.2) is 5.78 Å². The molecule has 2 aromatic rings. The number of hydrogen-bond acceptors (Lipinski definition) is 5. The van der Waals surface area contributed by atoms with Crippen LogP contribution in [-0.2, 0) is 24.3 Å². The summed E-state index contributed by atoms with van der Waals surface area (Å²) < 4.78 is 6.78. The van der Waals surface area contributed by atoms with Crippen LogP contribution >= 0.6 is 0 Å². The molecule has 1 heterocycles. The summed E-state index contributed by atoms with van der Waals surface area (Å²) >= 11 is 0. The highest BCUT2D eigenvalue weighted by molar-refractivity contribution is 5.81. The number of carbonyl (C=O) groups excluding carboxylic acids is 1. The Bertz CT molecular complexity index is 607. The molecular formula is C14H18N4O2. The Morgan fingerprint density at radius 2 is 2.25 bits per heavy atom. The molecule has 2 rings (SSSR count). The van der Waals surface area contributed by atoms with Gasteiger partial charge in [-0.25, -0.2) is 4.68 Å². The Morgan fingerprint density at radius 3 is 2.90 bits per heavy atom. The highest BCUT2D eigenvalue weighted by Gasteiger charge is 2.11. The molecule has 0 spiro atoms. The number of benzene rings is 1. The summed E-state index contributed by atoms with van der Waals surface area (Å²) in [6, 6.07) is 5.79. The molecule has 1 aromatic carbocycles. The van der Waals surface area contributed by atoms with Gasteiger partial charge >= 0.3 is 0 Å². The van der Waals surface area contributed by atoms with Crippen molar-refractivity contribution in [2.24, 2.45) is 5.73 Å². The van der Waals surface area contributed by atoms with Crippen molar-refractivity contribution in [1.82, 2.24) is 15.0 Å². The van der Waals surface area contributed by atoms with E-state index in [1.165, 1.54) is 4.68 Å². The third-order valence-electron chi connectivity index (χ3n) is 2.96. The van der Waals surface area contributed by atoms with Gasteiger partial charge < -0.3 is 10.5 Å². The quantitative estimate of drug-likeness (QED) is 0.845. The number of nitrogens with zero attached hydrogens (tertiary/aromatic N) is 3. The number of aryl methyl sites for hydroxylation is 1. The van der Waals surface area contributed by atoms with E-state index in [1.807, 2.05) is 25.1 Å². The number of methoxy groups -OCH3 is 1. The lowest BCUT2D eigenvalue weighted by atomic mass is 10.1. The van der Waals surface area contributed by atoms with Gasteiger partial charge in [0.2, 0.25) is 0 Å². The molecule has 106 valence electrons.